The summed E-state index contributed by atoms with van der Waals surface area (Å²) in [5, 5.41) is 0. The van der Waals surface area contributed by atoms with E-state index in [9.17, 15) is 4.79 Å². The summed E-state index contributed by atoms with van der Waals surface area (Å²) in [6, 6.07) is 26.8. The molecule has 5 rings (SSSR count). The number of fused-ring (bicyclic) bond motifs is 1. The summed E-state index contributed by atoms with van der Waals surface area (Å²) < 4.78 is 0.565. The maximum Gasteiger partial charge on any atom is 0.270 e. The lowest BCUT2D eigenvalue weighted by molar-refractivity contribution is -0.113. The van der Waals surface area contributed by atoms with E-state index >= 15 is 0 Å². The smallest absolute Gasteiger partial charge is 0.270 e. The lowest BCUT2D eigenvalue weighted by Gasteiger charge is -2.25. The van der Waals surface area contributed by atoms with Gasteiger partial charge in [0.2, 0.25) is 0 Å². The number of likely N-dealkylation sites (N-methyl/N-ethyl adjacent to an activating group) is 1. The maximum atomic E-state index is 13.2. The van der Waals surface area contributed by atoms with Crippen LogP contribution >= 0.6 is 24.0 Å². The number of amides is 1. The number of nitrogens with zero attached hydrogens (tertiary/aromatic N) is 2. The molecule has 0 spiro atoms. The number of allylic oxidation sites excluding steroid dienone is 3. The minimum atomic E-state index is -0.195. The van der Waals surface area contributed by atoms with Crippen LogP contribution in [0.4, 0.5) is 11.4 Å². The number of anilines is 2. The number of para-hydroxylation sites is 1. The fourth-order valence-electron chi connectivity index (χ4n) is 4.76. The summed E-state index contributed by atoms with van der Waals surface area (Å²) in [6.45, 7) is 7.53. The fourth-order valence-corrected chi connectivity index (χ4v) is 6.00. The van der Waals surface area contributed by atoms with Gasteiger partial charge in [-0.1, -0.05) is 92.4 Å². The number of rotatable bonds is 4. The first-order valence-electron chi connectivity index (χ1n) is 11.4. The van der Waals surface area contributed by atoms with Gasteiger partial charge in [0, 0.05) is 23.3 Å². The average molecular weight is 483 g/mol. The molecule has 3 nitrogen and oxygen atoms in total. The number of hydrogen-bond acceptors (Lipinski definition) is 4. The van der Waals surface area contributed by atoms with E-state index in [4.69, 9.17) is 12.2 Å². The first kappa shape index (κ1) is 22.6. The molecule has 2 heterocycles. The predicted molar refractivity (Wildman–Crippen MR) is 148 cm³/mol. The number of thioether (sulfide) groups is 1. The summed E-state index contributed by atoms with van der Waals surface area (Å²) in [5.74, 6) is -0.0687. The topological polar surface area (TPSA) is 23.6 Å². The number of hydrogen-bond donors (Lipinski definition) is 0. The molecule has 1 amide bonds. The Hall–Kier alpha value is -3.15. The van der Waals surface area contributed by atoms with Crippen molar-refractivity contribution in [1.29, 1.82) is 0 Å². The fraction of sp³-hybridized carbons (Fsp3) is 0.172. The van der Waals surface area contributed by atoms with Crippen LogP contribution in [0.1, 0.15) is 26.3 Å². The number of thiocarbonyl (C=S) groups is 1. The van der Waals surface area contributed by atoms with Crippen molar-refractivity contribution in [2.24, 2.45) is 0 Å². The molecule has 0 unspecified atom stereocenters. The lowest BCUT2D eigenvalue weighted by atomic mass is 9.82. The first-order chi connectivity index (χ1) is 16.4. The number of carbonyl (C=O) groups is 1. The Morgan fingerprint density at radius 1 is 0.912 bits per heavy atom. The van der Waals surface area contributed by atoms with E-state index in [1.54, 1.807) is 4.90 Å². The van der Waals surface area contributed by atoms with Crippen LogP contribution in [0.5, 0.6) is 0 Å². The second-order valence-corrected chi connectivity index (χ2v) is 10.6. The molecule has 2 aliphatic heterocycles. The van der Waals surface area contributed by atoms with Crippen molar-refractivity contribution in [2.75, 3.05) is 16.3 Å². The van der Waals surface area contributed by atoms with Gasteiger partial charge < -0.3 is 4.90 Å². The molecule has 34 heavy (non-hydrogen) atoms. The molecule has 0 radical (unpaired) electrons. The molecule has 0 atom stereocenters. The molecular weight excluding hydrogens is 456 g/mol. The van der Waals surface area contributed by atoms with Gasteiger partial charge in [0.25, 0.3) is 5.91 Å². The molecule has 2 aliphatic rings. The second kappa shape index (κ2) is 8.90. The van der Waals surface area contributed by atoms with E-state index < -0.39 is 0 Å². The van der Waals surface area contributed by atoms with Crippen molar-refractivity contribution in [1.82, 2.24) is 0 Å². The molecule has 0 bridgehead atoms. The largest absolute Gasteiger partial charge is 0.344 e. The minimum Gasteiger partial charge on any atom is -0.344 e. The summed E-state index contributed by atoms with van der Waals surface area (Å²) in [5.41, 5.74) is 6.74. The summed E-state index contributed by atoms with van der Waals surface area (Å²) in [4.78, 5) is 17.8. The third-order valence-electron chi connectivity index (χ3n) is 6.52. The summed E-state index contributed by atoms with van der Waals surface area (Å²) >= 11 is 6.89. The van der Waals surface area contributed by atoms with Crippen LogP contribution in [0.3, 0.4) is 0 Å². The molecule has 1 fully saturated rings. The van der Waals surface area contributed by atoms with Crippen molar-refractivity contribution in [3.8, 4) is 11.1 Å². The van der Waals surface area contributed by atoms with Crippen molar-refractivity contribution >= 4 is 45.6 Å². The highest BCUT2D eigenvalue weighted by atomic mass is 32.2. The van der Waals surface area contributed by atoms with E-state index in [-0.39, 0.29) is 11.3 Å². The third-order valence-corrected chi connectivity index (χ3v) is 7.84. The van der Waals surface area contributed by atoms with Crippen molar-refractivity contribution < 1.29 is 4.79 Å². The maximum absolute atomic E-state index is 13.2. The summed E-state index contributed by atoms with van der Waals surface area (Å²) in [6.07, 6.45) is 4.04. The normalized spacial score (nSPS) is 19.4. The number of carbonyl (C=O) groups excluding carboxylic acids is 1. The third kappa shape index (κ3) is 3.79. The Morgan fingerprint density at radius 3 is 2.26 bits per heavy atom. The molecule has 1 saturated heterocycles. The Morgan fingerprint density at radius 2 is 1.59 bits per heavy atom. The van der Waals surface area contributed by atoms with Crippen molar-refractivity contribution in [3.05, 3.63) is 107 Å². The molecule has 0 saturated carbocycles. The van der Waals surface area contributed by atoms with Gasteiger partial charge in [-0.05, 0) is 60.0 Å². The van der Waals surface area contributed by atoms with Crippen LogP contribution in [0.25, 0.3) is 11.1 Å². The molecule has 0 aromatic heterocycles. The van der Waals surface area contributed by atoms with Crippen molar-refractivity contribution in [3.63, 3.8) is 0 Å². The lowest BCUT2D eigenvalue weighted by Crippen LogP contribution is -2.27. The minimum absolute atomic E-state index is 0.0687. The van der Waals surface area contributed by atoms with E-state index in [2.05, 4.69) is 74.2 Å². The van der Waals surface area contributed by atoms with E-state index in [0.717, 1.165) is 12.2 Å². The Labute approximate surface area is 210 Å². The molecule has 3 aromatic rings. The standard InChI is InChI=1S/C29H26N2OS2/c1-4-30-24-16-15-21(20-11-7-5-8-12-20)19-23(24)29(2,3)26(30)18-17-25-27(32)31(28(33)34-25)22-13-9-6-10-14-22/h5-19H,4H2,1-3H3/b25-17+,26-18+. The Balaban J connectivity index is 1.51. The molecule has 170 valence electrons. The van der Waals surface area contributed by atoms with Crippen molar-refractivity contribution in [2.45, 2.75) is 26.2 Å². The van der Waals surface area contributed by atoms with Crippen LogP contribution in [-0.2, 0) is 10.2 Å². The van der Waals surface area contributed by atoms with Gasteiger partial charge in [0.1, 0.15) is 0 Å². The molecule has 5 heteroatoms. The molecule has 0 N–H and O–H groups in total. The van der Waals surface area contributed by atoms with Crippen LogP contribution < -0.4 is 9.80 Å². The molecular formula is C29H26N2OS2. The summed E-state index contributed by atoms with van der Waals surface area (Å²) in [7, 11) is 0. The van der Waals surface area contributed by atoms with Gasteiger partial charge in [-0.3, -0.25) is 9.69 Å². The highest BCUT2D eigenvalue weighted by molar-refractivity contribution is 8.27. The molecule has 3 aromatic carbocycles. The van der Waals surface area contributed by atoms with Crippen LogP contribution in [-0.4, -0.2) is 16.8 Å². The monoisotopic (exact) mass is 482 g/mol. The zero-order valence-corrected chi connectivity index (χ0v) is 21.1. The highest BCUT2D eigenvalue weighted by Gasteiger charge is 2.40. The van der Waals surface area contributed by atoms with Gasteiger partial charge in [-0.15, -0.1) is 0 Å². The van der Waals surface area contributed by atoms with Gasteiger partial charge in [0.15, 0.2) is 4.32 Å². The van der Waals surface area contributed by atoms with E-state index in [1.807, 2.05) is 42.5 Å². The van der Waals surface area contributed by atoms with E-state index in [1.165, 1.54) is 39.8 Å². The van der Waals surface area contributed by atoms with Gasteiger partial charge in [0.05, 0.1) is 10.6 Å². The second-order valence-electron chi connectivity index (χ2n) is 8.89. The van der Waals surface area contributed by atoms with Crippen LogP contribution in [0.15, 0.2) is 102 Å². The SMILES string of the molecule is CCN1/C(=C/C=C2/SC(=S)N(c3ccccc3)C2=O)C(C)(C)c2cc(-c3ccccc3)ccc21. The zero-order valence-electron chi connectivity index (χ0n) is 19.5. The Kier molecular flexibility index (Phi) is 5.92. The predicted octanol–water partition coefficient (Wildman–Crippen LogP) is 7.30. The Bertz CT molecular complexity index is 1330. The zero-order chi connectivity index (χ0) is 23.9. The van der Waals surface area contributed by atoms with Gasteiger partial charge >= 0.3 is 0 Å². The van der Waals surface area contributed by atoms with E-state index in [0.29, 0.717) is 9.23 Å². The highest BCUT2D eigenvalue weighted by Crippen LogP contribution is 2.49. The van der Waals surface area contributed by atoms with Gasteiger partial charge in [-0.2, -0.15) is 0 Å². The average Bonchev–Trinajstić information content (AvgIpc) is 3.26. The van der Waals surface area contributed by atoms with Crippen LogP contribution in [0.2, 0.25) is 0 Å². The van der Waals surface area contributed by atoms with Gasteiger partial charge in [-0.25, -0.2) is 0 Å². The first-order valence-corrected chi connectivity index (χ1v) is 12.7. The quantitative estimate of drug-likeness (QED) is 0.287. The van der Waals surface area contributed by atoms with Crippen LogP contribution in [0, 0.1) is 0 Å². The molecule has 0 aliphatic carbocycles. The number of benzene rings is 3.